The van der Waals surface area contributed by atoms with Crippen molar-refractivity contribution in [1.82, 2.24) is 5.32 Å². The molecular formula is C8H10ClNO5S. The Hall–Kier alpha value is -1.05. The number of furan rings is 1. The monoisotopic (exact) mass is 267 g/mol. The van der Waals surface area contributed by atoms with E-state index in [9.17, 15) is 13.2 Å². The minimum Gasteiger partial charge on any atom is -0.455 e. The average molecular weight is 268 g/mol. The highest BCUT2D eigenvalue weighted by Gasteiger charge is 2.11. The van der Waals surface area contributed by atoms with Crippen LogP contribution >= 0.6 is 11.6 Å². The third-order valence-corrected chi connectivity index (χ3v) is 2.65. The van der Waals surface area contributed by atoms with Crippen molar-refractivity contribution in [2.45, 2.75) is 5.88 Å². The third kappa shape index (κ3) is 4.21. The number of carbonyl (C=O) groups excluding carboxylic acids is 1. The highest BCUT2D eigenvalue weighted by Crippen LogP contribution is 2.09. The van der Waals surface area contributed by atoms with Crippen LogP contribution < -0.4 is 5.32 Å². The summed E-state index contributed by atoms with van der Waals surface area (Å²) in [5, 5.41) is 2.28. The second kappa shape index (κ2) is 5.33. The lowest BCUT2D eigenvalue weighted by molar-refractivity contribution is 0.0927. The summed E-state index contributed by atoms with van der Waals surface area (Å²) in [7, 11) is -4.07. The maximum Gasteiger partial charge on any atom is 0.287 e. The van der Waals surface area contributed by atoms with E-state index in [1.54, 1.807) is 6.07 Å². The van der Waals surface area contributed by atoms with Gasteiger partial charge in [0.25, 0.3) is 16.0 Å². The molecule has 0 aliphatic rings. The van der Waals surface area contributed by atoms with Crippen LogP contribution in [0, 0.1) is 0 Å². The molecule has 0 bridgehead atoms. The van der Waals surface area contributed by atoms with Gasteiger partial charge in [0.2, 0.25) is 0 Å². The number of nitrogens with one attached hydrogen (secondary N) is 1. The SMILES string of the molecule is O=C(NCCS(=O)(=O)O)c1ccc(CCl)o1. The summed E-state index contributed by atoms with van der Waals surface area (Å²) in [5.41, 5.74) is 0. The number of hydrogen-bond acceptors (Lipinski definition) is 4. The molecule has 0 fully saturated rings. The van der Waals surface area contributed by atoms with Crippen molar-refractivity contribution in [1.29, 1.82) is 0 Å². The first kappa shape index (κ1) is 13.0. The predicted molar refractivity (Wildman–Crippen MR) is 57.0 cm³/mol. The summed E-state index contributed by atoms with van der Waals surface area (Å²) >= 11 is 5.47. The Morgan fingerprint density at radius 2 is 2.19 bits per heavy atom. The zero-order valence-electron chi connectivity index (χ0n) is 8.14. The summed E-state index contributed by atoms with van der Waals surface area (Å²) in [6.07, 6.45) is 0. The molecule has 6 nitrogen and oxygen atoms in total. The predicted octanol–water partition coefficient (Wildman–Crippen LogP) is 0.636. The van der Waals surface area contributed by atoms with Crippen LogP contribution in [0.15, 0.2) is 16.5 Å². The zero-order valence-corrected chi connectivity index (χ0v) is 9.71. The summed E-state index contributed by atoms with van der Waals surface area (Å²) in [5.74, 6) is -0.451. The molecule has 0 spiro atoms. The fourth-order valence-electron chi connectivity index (χ4n) is 0.952. The molecular weight excluding hydrogens is 258 g/mol. The molecule has 1 aromatic heterocycles. The minimum atomic E-state index is -4.07. The first-order chi connectivity index (χ1) is 7.42. The molecule has 1 rings (SSSR count). The van der Waals surface area contributed by atoms with E-state index in [4.69, 9.17) is 20.6 Å². The maximum atomic E-state index is 11.3. The normalized spacial score (nSPS) is 11.4. The molecule has 0 unspecified atom stereocenters. The van der Waals surface area contributed by atoms with Gasteiger partial charge in [-0.25, -0.2) is 0 Å². The van der Waals surface area contributed by atoms with Crippen LogP contribution in [0.4, 0.5) is 0 Å². The van der Waals surface area contributed by atoms with Gasteiger partial charge in [0.15, 0.2) is 5.76 Å². The van der Waals surface area contributed by atoms with E-state index in [-0.39, 0.29) is 18.2 Å². The van der Waals surface area contributed by atoms with Crippen LogP contribution in [0.2, 0.25) is 0 Å². The van der Waals surface area contributed by atoms with Crippen molar-refractivity contribution in [3.8, 4) is 0 Å². The molecule has 0 aromatic carbocycles. The molecule has 0 saturated carbocycles. The zero-order chi connectivity index (χ0) is 12.2. The Morgan fingerprint density at radius 1 is 1.50 bits per heavy atom. The van der Waals surface area contributed by atoms with E-state index in [2.05, 4.69) is 5.32 Å². The highest BCUT2D eigenvalue weighted by molar-refractivity contribution is 7.85. The largest absolute Gasteiger partial charge is 0.455 e. The van der Waals surface area contributed by atoms with Gasteiger partial charge in [0.1, 0.15) is 5.76 Å². The van der Waals surface area contributed by atoms with Crippen molar-refractivity contribution in [2.24, 2.45) is 0 Å². The van der Waals surface area contributed by atoms with Crippen LogP contribution in [-0.4, -0.2) is 31.2 Å². The molecule has 8 heteroatoms. The van der Waals surface area contributed by atoms with E-state index >= 15 is 0 Å². The van der Waals surface area contributed by atoms with E-state index < -0.39 is 21.8 Å². The lowest BCUT2D eigenvalue weighted by Crippen LogP contribution is -2.28. The fraction of sp³-hybridized carbons (Fsp3) is 0.375. The number of halogens is 1. The van der Waals surface area contributed by atoms with Crippen molar-refractivity contribution in [2.75, 3.05) is 12.3 Å². The number of amides is 1. The molecule has 90 valence electrons. The lowest BCUT2D eigenvalue weighted by Gasteiger charge is -2.00. The summed E-state index contributed by atoms with van der Waals surface area (Å²) in [6, 6.07) is 2.98. The van der Waals surface area contributed by atoms with Crippen molar-refractivity contribution >= 4 is 27.6 Å². The van der Waals surface area contributed by atoms with Crippen molar-refractivity contribution in [3.63, 3.8) is 0 Å². The molecule has 0 atom stereocenters. The summed E-state index contributed by atoms with van der Waals surface area (Å²) in [4.78, 5) is 11.3. The van der Waals surface area contributed by atoms with E-state index in [0.717, 1.165) is 0 Å². The van der Waals surface area contributed by atoms with Gasteiger partial charge in [0.05, 0.1) is 11.6 Å². The first-order valence-corrected chi connectivity index (χ1v) is 6.45. The summed E-state index contributed by atoms with van der Waals surface area (Å²) in [6.45, 7) is -0.186. The maximum absolute atomic E-state index is 11.3. The third-order valence-electron chi connectivity index (χ3n) is 1.66. The van der Waals surface area contributed by atoms with E-state index in [1.165, 1.54) is 6.07 Å². The second-order valence-corrected chi connectivity index (χ2v) is 4.78. The van der Waals surface area contributed by atoms with Crippen LogP contribution in [0.25, 0.3) is 0 Å². The summed E-state index contributed by atoms with van der Waals surface area (Å²) < 4.78 is 34.2. The Bertz CT molecular complexity index is 467. The van der Waals surface area contributed by atoms with Crippen LogP contribution in [-0.2, 0) is 16.0 Å². The van der Waals surface area contributed by atoms with Crippen LogP contribution in [0.3, 0.4) is 0 Å². The average Bonchev–Trinajstić information content (AvgIpc) is 2.63. The number of alkyl halides is 1. The lowest BCUT2D eigenvalue weighted by atomic mass is 10.4. The smallest absolute Gasteiger partial charge is 0.287 e. The Balaban J connectivity index is 2.47. The number of hydrogen-bond donors (Lipinski definition) is 2. The van der Waals surface area contributed by atoms with Gasteiger partial charge in [-0.15, -0.1) is 11.6 Å². The topological polar surface area (TPSA) is 96.6 Å². The molecule has 0 radical (unpaired) electrons. The Labute approximate surface area is 97.3 Å². The quantitative estimate of drug-likeness (QED) is 0.603. The first-order valence-electron chi connectivity index (χ1n) is 4.30. The molecule has 1 amide bonds. The van der Waals surface area contributed by atoms with Crippen LogP contribution in [0.5, 0.6) is 0 Å². The second-order valence-electron chi connectivity index (χ2n) is 2.94. The van der Waals surface area contributed by atoms with Gasteiger partial charge in [-0.3, -0.25) is 9.35 Å². The van der Waals surface area contributed by atoms with Gasteiger partial charge in [-0.2, -0.15) is 8.42 Å². The highest BCUT2D eigenvalue weighted by atomic mass is 35.5. The van der Waals surface area contributed by atoms with Gasteiger partial charge >= 0.3 is 0 Å². The molecule has 0 aliphatic carbocycles. The van der Waals surface area contributed by atoms with Gasteiger partial charge in [-0.05, 0) is 12.1 Å². The van der Waals surface area contributed by atoms with Crippen molar-refractivity contribution in [3.05, 3.63) is 23.7 Å². The molecule has 0 saturated heterocycles. The Kier molecular flexibility index (Phi) is 4.34. The standard InChI is InChI=1S/C8H10ClNO5S/c9-5-6-1-2-7(15-6)8(11)10-3-4-16(12,13)14/h1-2H,3-5H2,(H,10,11)(H,12,13,14). The van der Waals surface area contributed by atoms with Crippen LogP contribution in [0.1, 0.15) is 16.3 Å². The van der Waals surface area contributed by atoms with E-state index in [1.807, 2.05) is 0 Å². The Morgan fingerprint density at radius 3 is 2.69 bits per heavy atom. The van der Waals surface area contributed by atoms with Gasteiger partial charge in [-0.1, -0.05) is 0 Å². The molecule has 2 N–H and O–H groups in total. The molecule has 1 heterocycles. The molecule has 1 aromatic rings. The molecule has 16 heavy (non-hydrogen) atoms. The van der Waals surface area contributed by atoms with Crippen molar-refractivity contribution < 1.29 is 22.2 Å². The van der Waals surface area contributed by atoms with Gasteiger partial charge in [0, 0.05) is 6.54 Å². The van der Waals surface area contributed by atoms with E-state index in [0.29, 0.717) is 5.76 Å². The molecule has 0 aliphatic heterocycles. The fourth-order valence-corrected chi connectivity index (χ4v) is 1.46. The van der Waals surface area contributed by atoms with Gasteiger partial charge < -0.3 is 9.73 Å². The number of rotatable bonds is 5. The number of carbonyl (C=O) groups is 1. The minimum absolute atomic E-state index is 0.0472.